The van der Waals surface area contributed by atoms with Crippen molar-refractivity contribution < 1.29 is 14.3 Å². The van der Waals surface area contributed by atoms with E-state index in [-0.39, 0.29) is 23.2 Å². The Labute approximate surface area is 119 Å². The molecule has 3 nitrogen and oxygen atoms in total. The number of allylic oxidation sites excluding steroid dienone is 2. The van der Waals surface area contributed by atoms with E-state index >= 15 is 0 Å². The Balaban J connectivity index is 1.88. The maximum atomic E-state index is 12.1. The zero-order chi connectivity index (χ0) is 14.6. The van der Waals surface area contributed by atoms with E-state index in [1.54, 1.807) is 0 Å². The fourth-order valence-electron chi connectivity index (χ4n) is 2.59. The van der Waals surface area contributed by atoms with Gasteiger partial charge in [-0.05, 0) is 16.9 Å². The molecule has 0 aliphatic heterocycles. The summed E-state index contributed by atoms with van der Waals surface area (Å²) >= 11 is 0. The largest absolute Gasteiger partial charge is 0.461 e. The molecule has 0 aromatic heterocycles. The minimum atomic E-state index is -0.153. The summed E-state index contributed by atoms with van der Waals surface area (Å²) in [5.41, 5.74) is 0.917. The van der Waals surface area contributed by atoms with Gasteiger partial charge in [0, 0.05) is 6.42 Å². The number of esters is 1. The van der Waals surface area contributed by atoms with Crippen LogP contribution in [0.4, 0.5) is 0 Å². The number of rotatable bonds is 6. The number of ether oxygens (including phenoxy) is 1. The van der Waals surface area contributed by atoms with Gasteiger partial charge in [0.2, 0.25) is 0 Å². The molecule has 3 heteroatoms. The lowest BCUT2D eigenvalue weighted by Gasteiger charge is -2.05. The maximum Gasteiger partial charge on any atom is 0.310 e. The van der Waals surface area contributed by atoms with Gasteiger partial charge in [-0.2, -0.15) is 0 Å². The zero-order valence-electron chi connectivity index (χ0n) is 11.9. The molecule has 0 bridgehead atoms. The summed E-state index contributed by atoms with van der Waals surface area (Å²) in [6, 6.07) is 9.66. The van der Waals surface area contributed by atoms with E-state index in [0.717, 1.165) is 11.8 Å². The van der Waals surface area contributed by atoms with Gasteiger partial charge in [-0.15, -0.1) is 0 Å². The highest BCUT2D eigenvalue weighted by Crippen LogP contribution is 2.59. The quantitative estimate of drug-likeness (QED) is 0.454. The van der Waals surface area contributed by atoms with Crippen molar-refractivity contribution >= 4 is 12.3 Å². The van der Waals surface area contributed by atoms with Crippen molar-refractivity contribution in [3.8, 4) is 0 Å². The van der Waals surface area contributed by atoms with Crippen LogP contribution in [-0.2, 0) is 20.9 Å². The molecule has 0 N–H and O–H groups in total. The van der Waals surface area contributed by atoms with Gasteiger partial charge in [0.15, 0.2) is 0 Å². The Morgan fingerprint density at radius 3 is 2.65 bits per heavy atom. The predicted octanol–water partition coefficient (Wildman–Crippen LogP) is 3.15. The predicted molar refractivity (Wildman–Crippen MR) is 76.8 cm³/mol. The van der Waals surface area contributed by atoms with Gasteiger partial charge >= 0.3 is 5.97 Å². The van der Waals surface area contributed by atoms with E-state index in [4.69, 9.17) is 4.74 Å². The van der Waals surface area contributed by atoms with Crippen LogP contribution in [0.25, 0.3) is 0 Å². The van der Waals surface area contributed by atoms with E-state index in [2.05, 4.69) is 13.8 Å². The van der Waals surface area contributed by atoms with Crippen LogP contribution in [0, 0.1) is 17.3 Å². The molecule has 2 rings (SSSR count). The number of hydrogen-bond acceptors (Lipinski definition) is 3. The molecule has 0 amide bonds. The Morgan fingerprint density at radius 1 is 1.30 bits per heavy atom. The Bertz CT molecular complexity index is 502. The van der Waals surface area contributed by atoms with Gasteiger partial charge < -0.3 is 9.53 Å². The Hall–Kier alpha value is -1.90. The van der Waals surface area contributed by atoms with Crippen molar-refractivity contribution in [3.63, 3.8) is 0 Å². The van der Waals surface area contributed by atoms with Gasteiger partial charge in [-0.1, -0.05) is 56.3 Å². The number of carbonyl (C=O) groups is 2. The highest BCUT2D eigenvalue weighted by molar-refractivity contribution is 5.78. The first kappa shape index (κ1) is 14.5. The summed E-state index contributed by atoms with van der Waals surface area (Å²) in [6.07, 6.45) is 5.04. The first-order valence-electron chi connectivity index (χ1n) is 6.88. The molecule has 1 aliphatic rings. The molecule has 1 fully saturated rings. The first-order valence-corrected chi connectivity index (χ1v) is 6.88. The molecule has 2 atom stereocenters. The van der Waals surface area contributed by atoms with Crippen molar-refractivity contribution in [1.82, 2.24) is 0 Å². The zero-order valence-corrected chi connectivity index (χ0v) is 11.9. The Kier molecular flexibility index (Phi) is 4.38. The number of aldehydes is 1. The summed E-state index contributed by atoms with van der Waals surface area (Å²) in [4.78, 5) is 22.4. The van der Waals surface area contributed by atoms with Crippen LogP contribution in [0.1, 0.15) is 25.8 Å². The molecular weight excluding hydrogens is 252 g/mol. The standard InChI is InChI=1S/C17H20O3/c1-17(2)14(10-6-7-11-18)15(17)16(19)20-12-13-8-4-3-5-9-13/h3-6,8-11,14-15H,7,12H2,1-2H3/b10-6+. The average Bonchev–Trinajstić information content (AvgIpc) is 2.99. The molecule has 0 spiro atoms. The second-order valence-electron chi connectivity index (χ2n) is 5.75. The highest BCUT2D eigenvalue weighted by atomic mass is 16.5. The van der Waals surface area contributed by atoms with Crippen LogP contribution in [0.2, 0.25) is 0 Å². The third-order valence-corrected chi connectivity index (χ3v) is 3.96. The molecule has 20 heavy (non-hydrogen) atoms. The van der Waals surface area contributed by atoms with Crippen LogP contribution in [0.5, 0.6) is 0 Å². The van der Waals surface area contributed by atoms with E-state index in [1.807, 2.05) is 42.5 Å². The summed E-state index contributed by atoms with van der Waals surface area (Å²) in [5, 5.41) is 0. The second-order valence-corrected chi connectivity index (χ2v) is 5.75. The molecular formula is C17H20O3. The lowest BCUT2D eigenvalue weighted by molar-refractivity contribution is -0.147. The molecule has 106 valence electrons. The fourth-order valence-corrected chi connectivity index (χ4v) is 2.59. The molecule has 0 heterocycles. The van der Waals surface area contributed by atoms with Gasteiger partial charge in [0.1, 0.15) is 12.9 Å². The molecule has 1 aromatic rings. The van der Waals surface area contributed by atoms with Crippen molar-refractivity contribution in [3.05, 3.63) is 48.0 Å². The van der Waals surface area contributed by atoms with Crippen molar-refractivity contribution in [2.45, 2.75) is 26.9 Å². The minimum Gasteiger partial charge on any atom is -0.461 e. The average molecular weight is 272 g/mol. The molecule has 1 aromatic carbocycles. The van der Waals surface area contributed by atoms with E-state index in [0.29, 0.717) is 13.0 Å². The van der Waals surface area contributed by atoms with Crippen LogP contribution >= 0.6 is 0 Å². The van der Waals surface area contributed by atoms with Crippen LogP contribution < -0.4 is 0 Å². The molecule has 1 saturated carbocycles. The SMILES string of the molecule is CC1(C)C(/C=C/CC=O)C1C(=O)OCc1ccccc1. The number of hydrogen-bond donors (Lipinski definition) is 0. The molecule has 0 saturated heterocycles. The highest BCUT2D eigenvalue weighted by Gasteiger charge is 2.61. The molecule has 0 radical (unpaired) electrons. The number of carbonyl (C=O) groups excluding carboxylic acids is 2. The van der Waals surface area contributed by atoms with Crippen LogP contribution in [0.15, 0.2) is 42.5 Å². The molecule has 1 aliphatic carbocycles. The fraction of sp³-hybridized carbons (Fsp3) is 0.412. The Morgan fingerprint density at radius 2 is 2.00 bits per heavy atom. The van der Waals surface area contributed by atoms with E-state index in [9.17, 15) is 9.59 Å². The first-order chi connectivity index (χ1) is 9.57. The minimum absolute atomic E-state index is 0.0762. The monoisotopic (exact) mass is 272 g/mol. The van der Waals surface area contributed by atoms with Gasteiger partial charge in [0.05, 0.1) is 5.92 Å². The van der Waals surface area contributed by atoms with Gasteiger partial charge in [-0.3, -0.25) is 4.79 Å². The van der Waals surface area contributed by atoms with E-state index < -0.39 is 0 Å². The van der Waals surface area contributed by atoms with Crippen molar-refractivity contribution in [2.75, 3.05) is 0 Å². The van der Waals surface area contributed by atoms with Crippen LogP contribution in [0.3, 0.4) is 0 Å². The topological polar surface area (TPSA) is 43.4 Å². The number of benzene rings is 1. The third kappa shape index (κ3) is 3.16. The maximum absolute atomic E-state index is 12.1. The van der Waals surface area contributed by atoms with Crippen molar-refractivity contribution in [1.29, 1.82) is 0 Å². The summed E-state index contributed by atoms with van der Waals surface area (Å²) < 4.78 is 5.38. The third-order valence-electron chi connectivity index (χ3n) is 3.96. The van der Waals surface area contributed by atoms with Gasteiger partial charge in [0.25, 0.3) is 0 Å². The summed E-state index contributed by atoms with van der Waals surface area (Å²) in [6.45, 7) is 4.42. The van der Waals surface area contributed by atoms with Crippen molar-refractivity contribution in [2.24, 2.45) is 17.3 Å². The van der Waals surface area contributed by atoms with Gasteiger partial charge in [-0.25, -0.2) is 0 Å². The lowest BCUT2D eigenvalue weighted by atomic mass is 10.1. The second kappa shape index (κ2) is 6.04. The lowest BCUT2D eigenvalue weighted by Crippen LogP contribution is -2.10. The molecule has 2 unspecified atom stereocenters. The smallest absolute Gasteiger partial charge is 0.310 e. The summed E-state index contributed by atoms with van der Waals surface area (Å²) in [5.74, 6) is -0.0838. The summed E-state index contributed by atoms with van der Waals surface area (Å²) in [7, 11) is 0. The van der Waals surface area contributed by atoms with E-state index in [1.165, 1.54) is 0 Å². The normalized spacial score (nSPS) is 23.5. The van der Waals surface area contributed by atoms with Crippen LogP contribution in [-0.4, -0.2) is 12.3 Å².